The maximum absolute atomic E-state index is 12.9. The van der Waals surface area contributed by atoms with Crippen molar-refractivity contribution < 1.29 is 9.32 Å². The first-order valence-electron chi connectivity index (χ1n) is 8.40. The molecule has 7 heteroatoms. The van der Waals surface area contributed by atoms with Gasteiger partial charge in [0.2, 0.25) is 11.7 Å². The van der Waals surface area contributed by atoms with E-state index in [0.29, 0.717) is 18.3 Å². The van der Waals surface area contributed by atoms with E-state index in [0.717, 1.165) is 36.8 Å². The molecular weight excluding hydrogens is 336 g/mol. The summed E-state index contributed by atoms with van der Waals surface area (Å²) in [6.07, 6.45) is 7.39. The quantitative estimate of drug-likeness (QED) is 0.712. The molecule has 25 heavy (non-hydrogen) atoms. The molecule has 0 bridgehead atoms. The van der Waals surface area contributed by atoms with Crippen LogP contribution >= 0.6 is 11.3 Å². The minimum atomic E-state index is -0.173. The molecule has 0 aromatic carbocycles. The predicted molar refractivity (Wildman–Crippen MR) is 94.1 cm³/mol. The molecule has 1 aliphatic heterocycles. The van der Waals surface area contributed by atoms with Gasteiger partial charge in [0.25, 0.3) is 5.91 Å². The summed E-state index contributed by atoms with van der Waals surface area (Å²) in [5.74, 6) is 1.05. The topological polar surface area (TPSA) is 72.1 Å². The van der Waals surface area contributed by atoms with Gasteiger partial charge in [-0.15, -0.1) is 0 Å². The van der Waals surface area contributed by atoms with Crippen molar-refractivity contribution in [1.82, 2.24) is 20.0 Å². The molecule has 1 fully saturated rings. The van der Waals surface area contributed by atoms with Gasteiger partial charge in [-0.3, -0.25) is 9.78 Å². The highest BCUT2D eigenvalue weighted by Crippen LogP contribution is 2.31. The number of aromatic nitrogens is 3. The fraction of sp³-hybridized carbons (Fsp3) is 0.333. The van der Waals surface area contributed by atoms with E-state index in [1.165, 1.54) is 11.3 Å². The van der Waals surface area contributed by atoms with Crippen molar-refractivity contribution in [3.8, 4) is 11.4 Å². The largest absolute Gasteiger partial charge is 0.337 e. The van der Waals surface area contributed by atoms with Crippen LogP contribution in [0.2, 0.25) is 0 Å². The third-order valence-corrected chi connectivity index (χ3v) is 5.11. The number of rotatable bonds is 3. The Kier molecular flexibility index (Phi) is 4.56. The van der Waals surface area contributed by atoms with Crippen LogP contribution in [0, 0.1) is 0 Å². The number of amides is 1. The molecule has 0 N–H and O–H groups in total. The predicted octanol–water partition coefficient (Wildman–Crippen LogP) is 3.95. The summed E-state index contributed by atoms with van der Waals surface area (Å²) < 4.78 is 5.53. The van der Waals surface area contributed by atoms with E-state index in [9.17, 15) is 4.79 Å². The Labute approximate surface area is 149 Å². The molecule has 1 atom stereocenters. The van der Waals surface area contributed by atoms with Gasteiger partial charge in [0.05, 0.1) is 5.56 Å². The van der Waals surface area contributed by atoms with Crippen molar-refractivity contribution in [3.63, 3.8) is 0 Å². The number of hydrogen-bond acceptors (Lipinski definition) is 6. The average molecular weight is 354 g/mol. The summed E-state index contributed by atoms with van der Waals surface area (Å²) in [4.78, 5) is 23.4. The van der Waals surface area contributed by atoms with Crippen LogP contribution in [-0.4, -0.2) is 32.5 Å². The average Bonchev–Trinajstić information content (AvgIpc) is 3.30. The first-order valence-corrected chi connectivity index (χ1v) is 9.34. The van der Waals surface area contributed by atoms with E-state index in [4.69, 9.17) is 4.52 Å². The fourth-order valence-corrected chi connectivity index (χ4v) is 3.77. The van der Waals surface area contributed by atoms with Gasteiger partial charge in [-0.25, -0.2) is 0 Å². The molecule has 1 aliphatic rings. The van der Waals surface area contributed by atoms with Crippen molar-refractivity contribution in [2.24, 2.45) is 0 Å². The van der Waals surface area contributed by atoms with E-state index < -0.39 is 0 Å². The van der Waals surface area contributed by atoms with Crippen LogP contribution in [0.15, 0.2) is 45.9 Å². The molecule has 4 rings (SSSR count). The lowest BCUT2D eigenvalue weighted by atomic mass is 10.1. The molecule has 1 saturated heterocycles. The Bertz CT molecular complexity index is 832. The highest BCUT2D eigenvalue weighted by molar-refractivity contribution is 7.08. The summed E-state index contributed by atoms with van der Waals surface area (Å²) in [5, 5.41) is 7.90. The number of hydrogen-bond donors (Lipinski definition) is 0. The summed E-state index contributed by atoms with van der Waals surface area (Å²) in [7, 11) is 0. The van der Waals surface area contributed by atoms with E-state index in [1.54, 1.807) is 12.4 Å². The molecule has 1 amide bonds. The van der Waals surface area contributed by atoms with E-state index in [-0.39, 0.29) is 11.9 Å². The van der Waals surface area contributed by atoms with Crippen molar-refractivity contribution in [2.75, 3.05) is 6.54 Å². The maximum Gasteiger partial charge on any atom is 0.255 e. The highest BCUT2D eigenvalue weighted by Gasteiger charge is 2.31. The lowest BCUT2D eigenvalue weighted by Crippen LogP contribution is -2.34. The van der Waals surface area contributed by atoms with Gasteiger partial charge < -0.3 is 9.42 Å². The monoisotopic (exact) mass is 354 g/mol. The first-order chi connectivity index (χ1) is 12.3. The first kappa shape index (κ1) is 16.0. The van der Waals surface area contributed by atoms with Crippen molar-refractivity contribution in [1.29, 1.82) is 0 Å². The van der Waals surface area contributed by atoms with Gasteiger partial charge in [0.1, 0.15) is 6.04 Å². The fourth-order valence-electron chi connectivity index (χ4n) is 3.14. The molecule has 6 nitrogen and oxygen atoms in total. The van der Waals surface area contributed by atoms with E-state index in [1.807, 2.05) is 33.9 Å². The number of nitrogens with zero attached hydrogens (tertiary/aromatic N) is 4. The molecule has 128 valence electrons. The smallest absolute Gasteiger partial charge is 0.255 e. The Hall–Kier alpha value is -2.54. The normalized spacial score (nSPS) is 18.1. The van der Waals surface area contributed by atoms with Gasteiger partial charge in [-0.2, -0.15) is 16.3 Å². The van der Waals surface area contributed by atoms with Crippen LogP contribution in [0.5, 0.6) is 0 Å². The molecule has 0 saturated carbocycles. The molecule has 3 aromatic heterocycles. The zero-order valence-electron chi connectivity index (χ0n) is 13.7. The standard InChI is InChI=1S/C18H18N4O2S/c23-18(14-7-10-25-12-14)22-9-3-1-2-6-15(22)17-20-16(21-24-17)13-5-4-8-19-11-13/h4-5,7-8,10-12,15H,1-3,6,9H2. The van der Waals surface area contributed by atoms with Crippen molar-refractivity contribution in [3.05, 3.63) is 52.8 Å². The van der Waals surface area contributed by atoms with Gasteiger partial charge >= 0.3 is 0 Å². The van der Waals surface area contributed by atoms with Crippen LogP contribution in [0.1, 0.15) is 48.0 Å². The summed E-state index contributed by atoms with van der Waals surface area (Å²) >= 11 is 1.53. The Morgan fingerprint density at radius 2 is 2.24 bits per heavy atom. The van der Waals surface area contributed by atoms with Crippen LogP contribution in [0.4, 0.5) is 0 Å². The number of carbonyl (C=O) groups is 1. The molecule has 0 aliphatic carbocycles. The zero-order chi connectivity index (χ0) is 17.1. The molecule has 1 unspecified atom stereocenters. The minimum Gasteiger partial charge on any atom is -0.337 e. The van der Waals surface area contributed by atoms with Crippen LogP contribution in [0.25, 0.3) is 11.4 Å². The SMILES string of the molecule is O=C(c1ccsc1)N1CCCCCC1c1nc(-c2cccnc2)no1. The van der Waals surface area contributed by atoms with E-state index >= 15 is 0 Å². The third kappa shape index (κ3) is 3.32. The molecule has 4 heterocycles. The zero-order valence-corrected chi connectivity index (χ0v) is 14.5. The Morgan fingerprint density at radius 1 is 1.28 bits per heavy atom. The van der Waals surface area contributed by atoms with Gasteiger partial charge in [-0.1, -0.05) is 18.0 Å². The van der Waals surface area contributed by atoms with Gasteiger partial charge in [-0.05, 0) is 36.4 Å². The molecular formula is C18H18N4O2S. The number of carbonyl (C=O) groups excluding carboxylic acids is 1. The summed E-state index contributed by atoms with van der Waals surface area (Å²) in [6, 6.07) is 5.42. The van der Waals surface area contributed by atoms with E-state index in [2.05, 4.69) is 15.1 Å². The maximum atomic E-state index is 12.9. The van der Waals surface area contributed by atoms with Gasteiger partial charge in [0.15, 0.2) is 0 Å². The summed E-state index contributed by atoms with van der Waals surface area (Å²) in [6.45, 7) is 0.712. The van der Waals surface area contributed by atoms with Gasteiger partial charge in [0, 0.05) is 29.9 Å². The Balaban J connectivity index is 1.64. The van der Waals surface area contributed by atoms with Crippen LogP contribution in [0.3, 0.4) is 0 Å². The highest BCUT2D eigenvalue weighted by atomic mass is 32.1. The number of thiophene rings is 1. The number of likely N-dealkylation sites (tertiary alicyclic amines) is 1. The van der Waals surface area contributed by atoms with Crippen molar-refractivity contribution >= 4 is 17.2 Å². The molecule has 3 aromatic rings. The lowest BCUT2D eigenvalue weighted by molar-refractivity contribution is 0.0645. The lowest BCUT2D eigenvalue weighted by Gasteiger charge is -2.27. The van der Waals surface area contributed by atoms with Crippen molar-refractivity contribution in [2.45, 2.75) is 31.7 Å². The molecule has 0 radical (unpaired) electrons. The Morgan fingerprint density at radius 3 is 3.04 bits per heavy atom. The minimum absolute atomic E-state index is 0.0364. The second-order valence-electron chi connectivity index (χ2n) is 6.07. The van der Waals surface area contributed by atoms with Crippen LogP contribution < -0.4 is 0 Å². The third-order valence-electron chi connectivity index (χ3n) is 4.43. The summed E-state index contributed by atoms with van der Waals surface area (Å²) in [5.41, 5.74) is 1.53. The number of pyridine rings is 1. The molecule has 0 spiro atoms. The van der Waals surface area contributed by atoms with Crippen LogP contribution in [-0.2, 0) is 0 Å². The second-order valence-corrected chi connectivity index (χ2v) is 6.85. The second kappa shape index (κ2) is 7.14.